The third-order valence-electron chi connectivity index (χ3n) is 4.12. The number of hydrogen-bond acceptors (Lipinski definition) is 2. The molecule has 2 atom stereocenters. The number of carbonyl (C=O) groups excluding carboxylic acids is 1. The first-order valence-corrected chi connectivity index (χ1v) is 8.08. The first-order valence-electron chi connectivity index (χ1n) is 7.70. The van der Waals surface area contributed by atoms with Gasteiger partial charge in [-0.1, -0.05) is 48.9 Å². The first kappa shape index (κ1) is 17.8. The molecule has 2 aromatic carbocycles. The quantitative estimate of drug-likeness (QED) is 0.866. The summed E-state index contributed by atoms with van der Waals surface area (Å²) in [6.07, 6.45) is -5.11. The lowest BCUT2D eigenvalue weighted by Gasteiger charge is -2.32. The van der Waals surface area contributed by atoms with Crippen LogP contribution in [-0.4, -0.2) is 12.0 Å². The van der Waals surface area contributed by atoms with Gasteiger partial charge in [-0.2, -0.15) is 13.2 Å². The van der Waals surface area contributed by atoms with E-state index in [4.69, 9.17) is 16.3 Å². The Balaban J connectivity index is 2.26. The number of halogens is 4. The highest BCUT2D eigenvalue weighted by molar-refractivity contribution is 6.30. The van der Waals surface area contributed by atoms with Gasteiger partial charge in [0.25, 0.3) is 5.91 Å². The van der Waals surface area contributed by atoms with Crippen LogP contribution in [0.1, 0.15) is 30.0 Å². The van der Waals surface area contributed by atoms with Gasteiger partial charge in [-0.05, 0) is 24.6 Å². The third-order valence-corrected chi connectivity index (χ3v) is 4.36. The van der Waals surface area contributed by atoms with Gasteiger partial charge >= 0.3 is 6.18 Å². The van der Waals surface area contributed by atoms with Gasteiger partial charge < -0.3 is 10.1 Å². The monoisotopic (exact) mass is 369 g/mol. The fraction of sp³-hybridized carbons (Fsp3) is 0.278. The molecule has 132 valence electrons. The third kappa shape index (κ3) is 3.12. The van der Waals surface area contributed by atoms with Crippen LogP contribution in [0.4, 0.5) is 13.2 Å². The van der Waals surface area contributed by atoms with Crippen molar-refractivity contribution in [2.45, 2.75) is 31.3 Å². The molecule has 2 aromatic rings. The van der Waals surface area contributed by atoms with Crippen LogP contribution in [0.15, 0.2) is 48.5 Å². The summed E-state index contributed by atoms with van der Waals surface area (Å²) in [5.41, 5.74) is -2.45. The van der Waals surface area contributed by atoms with Crippen LogP contribution in [0.25, 0.3) is 0 Å². The van der Waals surface area contributed by atoms with Crippen molar-refractivity contribution in [3.8, 4) is 0 Å². The van der Waals surface area contributed by atoms with E-state index in [1.807, 2.05) is 0 Å². The van der Waals surface area contributed by atoms with Gasteiger partial charge in [0.05, 0.1) is 5.56 Å². The number of amides is 1. The van der Waals surface area contributed by atoms with E-state index in [2.05, 4.69) is 5.32 Å². The molecule has 3 rings (SSSR count). The summed E-state index contributed by atoms with van der Waals surface area (Å²) in [4.78, 5) is 12.3. The Hall–Kier alpha value is -2.05. The zero-order chi connectivity index (χ0) is 18.2. The Labute approximate surface area is 147 Å². The van der Waals surface area contributed by atoms with Crippen LogP contribution < -0.4 is 5.32 Å². The summed E-state index contributed by atoms with van der Waals surface area (Å²) in [5, 5.41) is 2.95. The summed E-state index contributed by atoms with van der Waals surface area (Å²) < 4.78 is 46.5. The number of alkyl halides is 3. The van der Waals surface area contributed by atoms with Crippen molar-refractivity contribution in [2.24, 2.45) is 0 Å². The molecular formula is C18H15ClF3NO2. The molecule has 0 spiro atoms. The number of benzene rings is 2. The predicted molar refractivity (Wildman–Crippen MR) is 87.0 cm³/mol. The zero-order valence-electron chi connectivity index (χ0n) is 13.2. The van der Waals surface area contributed by atoms with Gasteiger partial charge in [0.1, 0.15) is 6.10 Å². The maximum Gasteiger partial charge on any atom is 0.416 e. The first-order chi connectivity index (χ1) is 11.8. The molecule has 0 aromatic heterocycles. The molecule has 7 heteroatoms. The smallest absolute Gasteiger partial charge is 0.334 e. The molecule has 0 aliphatic carbocycles. The molecule has 1 amide bonds. The highest BCUT2D eigenvalue weighted by Gasteiger charge is 2.51. The molecule has 2 unspecified atom stereocenters. The minimum Gasteiger partial charge on any atom is -0.334 e. The zero-order valence-corrected chi connectivity index (χ0v) is 14.0. The Kier molecular flexibility index (Phi) is 4.51. The summed E-state index contributed by atoms with van der Waals surface area (Å²) >= 11 is 6.02. The van der Waals surface area contributed by atoms with Gasteiger partial charge in [-0.15, -0.1) is 0 Å². The molecule has 25 heavy (non-hydrogen) atoms. The lowest BCUT2D eigenvalue weighted by Crippen LogP contribution is -2.42. The van der Waals surface area contributed by atoms with E-state index in [-0.39, 0.29) is 5.56 Å². The highest BCUT2D eigenvalue weighted by Crippen LogP contribution is 2.43. The Morgan fingerprint density at radius 2 is 1.92 bits per heavy atom. The Bertz CT molecular complexity index is 809. The molecular weight excluding hydrogens is 355 g/mol. The molecule has 0 radical (unpaired) electrons. The van der Waals surface area contributed by atoms with Crippen molar-refractivity contribution in [3.05, 3.63) is 70.2 Å². The average molecular weight is 370 g/mol. The van der Waals surface area contributed by atoms with Gasteiger partial charge in [-0.25, -0.2) is 0 Å². The minimum atomic E-state index is -4.60. The SMILES string of the molecule is CCC1OC(c2cccc(Cl)c2)(c2ccccc2C(F)(F)F)NC1=O. The average Bonchev–Trinajstić information content (AvgIpc) is 2.92. The van der Waals surface area contributed by atoms with E-state index in [9.17, 15) is 18.0 Å². The number of ether oxygens (including phenoxy) is 1. The van der Waals surface area contributed by atoms with Crippen molar-refractivity contribution in [1.29, 1.82) is 0 Å². The second-order valence-electron chi connectivity index (χ2n) is 5.74. The standard InChI is InChI=1S/C18H15ClF3NO2/c1-2-15-16(24)23-17(25-15,11-6-5-7-12(19)10-11)13-8-3-4-9-14(13)18(20,21)22/h3-10,15H,2H2,1H3,(H,23,24). The lowest BCUT2D eigenvalue weighted by atomic mass is 9.90. The summed E-state index contributed by atoms with van der Waals surface area (Å²) in [5.74, 6) is -0.459. The van der Waals surface area contributed by atoms with E-state index >= 15 is 0 Å². The summed E-state index contributed by atoms with van der Waals surface area (Å²) in [6.45, 7) is 1.73. The van der Waals surface area contributed by atoms with E-state index < -0.39 is 29.5 Å². The van der Waals surface area contributed by atoms with Crippen LogP contribution in [0, 0.1) is 0 Å². The van der Waals surface area contributed by atoms with Crippen molar-refractivity contribution < 1.29 is 22.7 Å². The van der Waals surface area contributed by atoms with Crippen molar-refractivity contribution in [3.63, 3.8) is 0 Å². The van der Waals surface area contributed by atoms with Crippen LogP contribution in [0.3, 0.4) is 0 Å². The molecule has 1 N–H and O–H groups in total. The van der Waals surface area contributed by atoms with Crippen LogP contribution in [-0.2, 0) is 21.4 Å². The number of nitrogens with one attached hydrogen (secondary N) is 1. The Morgan fingerprint density at radius 3 is 2.52 bits per heavy atom. The topological polar surface area (TPSA) is 38.3 Å². The van der Waals surface area contributed by atoms with Crippen molar-refractivity contribution in [2.75, 3.05) is 0 Å². The number of carbonyl (C=O) groups is 1. The summed E-state index contributed by atoms with van der Waals surface area (Å²) in [6, 6.07) is 11.3. The molecule has 1 aliphatic rings. The van der Waals surface area contributed by atoms with Crippen molar-refractivity contribution in [1.82, 2.24) is 5.32 Å². The second kappa shape index (κ2) is 6.35. The maximum absolute atomic E-state index is 13.5. The van der Waals surface area contributed by atoms with Crippen molar-refractivity contribution >= 4 is 17.5 Å². The van der Waals surface area contributed by atoms with Gasteiger partial charge in [0.2, 0.25) is 0 Å². The van der Waals surface area contributed by atoms with E-state index in [0.717, 1.165) is 6.07 Å². The van der Waals surface area contributed by atoms with E-state index in [1.54, 1.807) is 25.1 Å². The Morgan fingerprint density at radius 1 is 1.20 bits per heavy atom. The van der Waals surface area contributed by atoms with Crippen LogP contribution in [0.5, 0.6) is 0 Å². The number of hydrogen-bond donors (Lipinski definition) is 1. The van der Waals surface area contributed by atoms with Crippen LogP contribution in [0.2, 0.25) is 5.02 Å². The van der Waals surface area contributed by atoms with Gasteiger partial charge in [0, 0.05) is 16.1 Å². The number of rotatable bonds is 3. The van der Waals surface area contributed by atoms with Gasteiger partial charge in [-0.3, -0.25) is 4.79 Å². The van der Waals surface area contributed by atoms with E-state index in [0.29, 0.717) is 17.0 Å². The minimum absolute atomic E-state index is 0.172. The van der Waals surface area contributed by atoms with Gasteiger partial charge in [0.15, 0.2) is 5.72 Å². The fourth-order valence-corrected chi connectivity index (χ4v) is 3.18. The maximum atomic E-state index is 13.5. The molecule has 1 fully saturated rings. The lowest BCUT2D eigenvalue weighted by molar-refractivity contribution is -0.141. The molecule has 1 aliphatic heterocycles. The molecule has 3 nitrogen and oxygen atoms in total. The summed E-state index contributed by atoms with van der Waals surface area (Å²) in [7, 11) is 0. The predicted octanol–water partition coefficient (Wildman–Crippen LogP) is 4.48. The highest BCUT2D eigenvalue weighted by atomic mass is 35.5. The largest absolute Gasteiger partial charge is 0.416 e. The molecule has 0 saturated carbocycles. The van der Waals surface area contributed by atoms with Crippen LogP contribution >= 0.6 is 11.6 Å². The second-order valence-corrected chi connectivity index (χ2v) is 6.18. The van der Waals surface area contributed by atoms with E-state index in [1.165, 1.54) is 24.3 Å². The molecule has 1 heterocycles. The molecule has 1 saturated heterocycles. The molecule has 0 bridgehead atoms. The normalized spacial score (nSPS) is 23.6. The fourth-order valence-electron chi connectivity index (χ4n) is 2.99.